The van der Waals surface area contributed by atoms with E-state index in [2.05, 4.69) is 16.3 Å². The Balaban J connectivity index is 0.00000192. The molecular formula is C18H26Cl2N2O. The van der Waals surface area contributed by atoms with Gasteiger partial charge in [-0.2, -0.15) is 0 Å². The predicted molar refractivity (Wildman–Crippen MR) is 97.5 cm³/mol. The first-order valence-electron chi connectivity index (χ1n) is 8.36. The van der Waals surface area contributed by atoms with Gasteiger partial charge in [0.15, 0.2) is 0 Å². The van der Waals surface area contributed by atoms with Gasteiger partial charge in [-0.15, -0.1) is 12.4 Å². The first kappa shape index (κ1) is 18.6. The van der Waals surface area contributed by atoms with Crippen LogP contribution >= 0.6 is 24.0 Å². The molecule has 3 nitrogen and oxygen atoms in total. The third kappa shape index (κ3) is 3.67. The van der Waals surface area contributed by atoms with Crippen molar-refractivity contribution in [1.82, 2.24) is 10.2 Å². The molecule has 23 heavy (non-hydrogen) atoms. The van der Waals surface area contributed by atoms with E-state index in [1.54, 1.807) is 0 Å². The standard InChI is InChI=1S/C18H25ClN2O.ClH/c1-20-12-14-7-10-21(13-14)17(22)18(8-2-3-9-18)15-5-4-6-16(19)11-15;/h4-6,11,14,20H,2-3,7-10,12-13H2,1H3;1H. The number of carbonyl (C=O) groups excluding carboxylic acids is 1. The lowest BCUT2D eigenvalue weighted by Crippen LogP contribution is -2.44. The number of halogens is 2. The number of hydrogen-bond donors (Lipinski definition) is 1. The molecule has 1 heterocycles. The second kappa shape index (κ2) is 7.87. The molecule has 3 rings (SSSR count). The highest BCUT2D eigenvalue weighted by atomic mass is 35.5. The zero-order chi connectivity index (χ0) is 15.6. The quantitative estimate of drug-likeness (QED) is 0.892. The van der Waals surface area contributed by atoms with Crippen LogP contribution in [0.1, 0.15) is 37.7 Å². The summed E-state index contributed by atoms with van der Waals surface area (Å²) in [5, 5.41) is 3.96. The van der Waals surface area contributed by atoms with Gasteiger partial charge in [0.05, 0.1) is 5.41 Å². The summed E-state index contributed by atoms with van der Waals surface area (Å²) in [6.45, 7) is 2.78. The van der Waals surface area contributed by atoms with Crippen LogP contribution in [0.15, 0.2) is 24.3 Å². The van der Waals surface area contributed by atoms with E-state index in [0.717, 1.165) is 62.3 Å². The molecule has 128 valence electrons. The van der Waals surface area contributed by atoms with E-state index in [4.69, 9.17) is 11.6 Å². The summed E-state index contributed by atoms with van der Waals surface area (Å²) < 4.78 is 0. The normalized spacial score (nSPS) is 22.9. The van der Waals surface area contributed by atoms with E-state index < -0.39 is 0 Å². The Morgan fingerprint density at radius 1 is 1.39 bits per heavy atom. The summed E-state index contributed by atoms with van der Waals surface area (Å²) in [7, 11) is 1.98. The smallest absolute Gasteiger partial charge is 0.233 e. The summed E-state index contributed by atoms with van der Waals surface area (Å²) in [6.07, 6.45) is 5.29. The second-order valence-corrected chi connectivity index (χ2v) is 7.20. The molecule has 1 aliphatic heterocycles. The Bertz CT molecular complexity index is 544. The second-order valence-electron chi connectivity index (χ2n) is 6.76. The van der Waals surface area contributed by atoms with Crippen LogP contribution in [0, 0.1) is 5.92 Å². The number of hydrogen-bond acceptors (Lipinski definition) is 2. The van der Waals surface area contributed by atoms with E-state index >= 15 is 0 Å². The maximum atomic E-state index is 13.3. The highest BCUT2D eigenvalue weighted by Crippen LogP contribution is 2.44. The van der Waals surface area contributed by atoms with Crippen molar-refractivity contribution in [2.75, 3.05) is 26.7 Å². The van der Waals surface area contributed by atoms with E-state index in [1.165, 1.54) is 0 Å². The molecular weight excluding hydrogens is 331 g/mol. The number of amides is 1. The maximum absolute atomic E-state index is 13.3. The van der Waals surface area contributed by atoms with Gasteiger partial charge in [-0.25, -0.2) is 0 Å². The molecule has 1 N–H and O–H groups in total. The number of nitrogens with one attached hydrogen (secondary N) is 1. The highest BCUT2D eigenvalue weighted by Gasteiger charge is 2.46. The molecule has 1 aliphatic carbocycles. The fraction of sp³-hybridized carbons (Fsp3) is 0.611. The van der Waals surface area contributed by atoms with Gasteiger partial charge in [0.2, 0.25) is 5.91 Å². The molecule has 5 heteroatoms. The van der Waals surface area contributed by atoms with E-state index in [-0.39, 0.29) is 17.8 Å². The molecule has 1 aromatic rings. The van der Waals surface area contributed by atoms with Crippen LogP contribution in [0.25, 0.3) is 0 Å². The fourth-order valence-electron chi connectivity index (χ4n) is 4.17. The third-order valence-corrected chi connectivity index (χ3v) is 5.54. The van der Waals surface area contributed by atoms with E-state index in [1.807, 2.05) is 25.2 Å². The minimum Gasteiger partial charge on any atom is -0.342 e. The summed E-state index contributed by atoms with van der Waals surface area (Å²) in [6, 6.07) is 7.93. The van der Waals surface area contributed by atoms with Crippen molar-refractivity contribution in [3.8, 4) is 0 Å². The Kier molecular flexibility index (Phi) is 6.35. The minimum absolute atomic E-state index is 0. The van der Waals surface area contributed by atoms with Crippen LogP contribution in [-0.4, -0.2) is 37.5 Å². The summed E-state index contributed by atoms with van der Waals surface area (Å²) in [5.74, 6) is 0.914. The van der Waals surface area contributed by atoms with Crippen molar-refractivity contribution in [3.63, 3.8) is 0 Å². The summed E-state index contributed by atoms with van der Waals surface area (Å²) in [5.41, 5.74) is 0.777. The lowest BCUT2D eigenvalue weighted by molar-refractivity contribution is -0.136. The average molecular weight is 357 g/mol. The van der Waals surface area contributed by atoms with Crippen molar-refractivity contribution in [1.29, 1.82) is 0 Å². The maximum Gasteiger partial charge on any atom is 0.233 e. The molecule has 2 aliphatic rings. The highest BCUT2D eigenvalue weighted by molar-refractivity contribution is 6.30. The van der Waals surface area contributed by atoms with Gasteiger partial charge in [0.1, 0.15) is 0 Å². The van der Waals surface area contributed by atoms with Crippen LogP contribution in [0.2, 0.25) is 5.02 Å². The monoisotopic (exact) mass is 356 g/mol. The Hall–Kier alpha value is -0.770. The van der Waals surface area contributed by atoms with Crippen molar-refractivity contribution < 1.29 is 4.79 Å². The van der Waals surface area contributed by atoms with Gasteiger partial charge in [0.25, 0.3) is 0 Å². The minimum atomic E-state index is -0.334. The molecule has 0 spiro atoms. The summed E-state index contributed by atoms with van der Waals surface area (Å²) in [4.78, 5) is 15.4. The van der Waals surface area contributed by atoms with E-state index in [0.29, 0.717) is 11.8 Å². The lowest BCUT2D eigenvalue weighted by Gasteiger charge is -2.33. The van der Waals surface area contributed by atoms with Gasteiger partial charge in [-0.05, 0) is 56.5 Å². The van der Waals surface area contributed by atoms with Crippen molar-refractivity contribution in [2.45, 2.75) is 37.5 Å². The van der Waals surface area contributed by atoms with Crippen LogP contribution < -0.4 is 5.32 Å². The Morgan fingerprint density at radius 3 is 2.78 bits per heavy atom. The molecule has 1 saturated carbocycles. The van der Waals surface area contributed by atoms with Crippen molar-refractivity contribution in [3.05, 3.63) is 34.9 Å². The van der Waals surface area contributed by atoms with Crippen LogP contribution in [0.4, 0.5) is 0 Å². The largest absolute Gasteiger partial charge is 0.342 e. The number of likely N-dealkylation sites (tertiary alicyclic amines) is 1. The van der Waals surface area contributed by atoms with Crippen molar-refractivity contribution >= 4 is 29.9 Å². The molecule has 0 aromatic heterocycles. The Morgan fingerprint density at radius 2 is 2.13 bits per heavy atom. The first-order valence-corrected chi connectivity index (χ1v) is 8.73. The first-order chi connectivity index (χ1) is 10.7. The number of benzene rings is 1. The Labute approximate surface area is 150 Å². The zero-order valence-electron chi connectivity index (χ0n) is 13.7. The molecule has 1 saturated heterocycles. The molecule has 2 fully saturated rings. The topological polar surface area (TPSA) is 32.3 Å². The van der Waals surface area contributed by atoms with Gasteiger partial charge in [-0.1, -0.05) is 36.6 Å². The molecule has 1 amide bonds. The van der Waals surface area contributed by atoms with Gasteiger partial charge in [0, 0.05) is 18.1 Å². The van der Waals surface area contributed by atoms with Crippen LogP contribution in [-0.2, 0) is 10.2 Å². The van der Waals surface area contributed by atoms with Gasteiger partial charge in [-0.3, -0.25) is 4.79 Å². The molecule has 1 atom stereocenters. The molecule has 0 radical (unpaired) electrons. The lowest BCUT2D eigenvalue weighted by atomic mass is 9.77. The molecule has 1 unspecified atom stereocenters. The van der Waals surface area contributed by atoms with Gasteiger partial charge >= 0.3 is 0 Å². The molecule has 0 bridgehead atoms. The number of carbonyl (C=O) groups is 1. The molecule has 1 aromatic carbocycles. The third-order valence-electron chi connectivity index (χ3n) is 5.31. The van der Waals surface area contributed by atoms with Crippen molar-refractivity contribution in [2.24, 2.45) is 5.92 Å². The fourth-order valence-corrected chi connectivity index (χ4v) is 4.36. The summed E-state index contributed by atoms with van der Waals surface area (Å²) >= 11 is 6.18. The average Bonchev–Trinajstić information content (AvgIpc) is 3.17. The van der Waals surface area contributed by atoms with Crippen LogP contribution in [0.3, 0.4) is 0 Å². The zero-order valence-corrected chi connectivity index (χ0v) is 15.3. The van der Waals surface area contributed by atoms with Gasteiger partial charge < -0.3 is 10.2 Å². The van der Waals surface area contributed by atoms with Crippen LogP contribution in [0.5, 0.6) is 0 Å². The predicted octanol–water partition coefficient (Wildman–Crippen LogP) is 3.64. The van der Waals surface area contributed by atoms with E-state index in [9.17, 15) is 4.79 Å². The number of nitrogens with zero attached hydrogens (tertiary/aromatic N) is 1. The SMILES string of the molecule is CNCC1CCN(C(=O)C2(c3cccc(Cl)c3)CCCC2)C1.Cl. The number of rotatable bonds is 4.